The lowest BCUT2D eigenvalue weighted by atomic mass is 10.3. The van der Waals surface area contributed by atoms with Gasteiger partial charge in [-0.05, 0) is 28.1 Å². The molecule has 2 aromatic rings. The Hall–Kier alpha value is -1.20. The van der Waals surface area contributed by atoms with E-state index in [-0.39, 0.29) is 5.82 Å². The van der Waals surface area contributed by atoms with Crippen molar-refractivity contribution in [1.29, 1.82) is 0 Å². The zero-order chi connectivity index (χ0) is 11.5. The summed E-state index contributed by atoms with van der Waals surface area (Å²) in [5.74, 6) is 0.549. The molecule has 0 saturated carbocycles. The third-order valence-corrected chi connectivity index (χ3v) is 3.32. The molecule has 0 fully saturated rings. The normalized spacial score (nSPS) is 10.1. The fourth-order valence-corrected chi connectivity index (χ4v) is 1.98. The monoisotopic (exact) mass is 300 g/mol. The van der Waals surface area contributed by atoms with E-state index in [4.69, 9.17) is 4.74 Å². The lowest BCUT2D eigenvalue weighted by Crippen LogP contribution is -1.84. The number of hydrogen-bond acceptors (Lipinski definition) is 3. The highest BCUT2D eigenvalue weighted by atomic mass is 79.9. The molecule has 0 aliphatic rings. The number of rotatable bonds is 3. The fraction of sp³-hybridized carbons (Fsp3) is 0. The summed E-state index contributed by atoms with van der Waals surface area (Å²) in [6.07, 6.45) is 0.750. The first kappa shape index (κ1) is 11.3. The van der Waals surface area contributed by atoms with Crippen molar-refractivity contribution < 1.29 is 13.9 Å². The molecule has 2 nitrogen and oxygen atoms in total. The molecule has 82 valence electrons. The van der Waals surface area contributed by atoms with E-state index in [1.807, 2.05) is 0 Å². The van der Waals surface area contributed by atoms with Gasteiger partial charge in [-0.25, -0.2) is 4.39 Å². The first-order chi connectivity index (χ1) is 7.69. The third kappa shape index (κ3) is 2.48. The van der Waals surface area contributed by atoms with Gasteiger partial charge in [0.2, 0.25) is 0 Å². The van der Waals surface area contributed by atoms with Crippen LogP contribution in [0.1, 0.15) is 9.67 Å². The van der Waals surface area contributed by atoms with Crippen molar-refractivity contribution >= 4 is 33.6 Å². The third-order valence-electron chi connectivity index (χ3n) is 1.84. The minimum absolute atomic E-state index is 0.386. The van der Waals surface area contributed by atoms with E-state index < -0.39 is 0 Å². The number of carbonyl (C=O) groups is 1. The maximum absolute atomic E-state index is 13.2. The van der Waals surface area contributed by atoms with Gasteiger partial charge in [0.1, 0.15) is 17.3 Å². The Morgan fingerprint density at radius 2 is 2.12 bits per heavy atom. The van der Waals surface area contributed by atoms with Gasteiger partial charge in [-0.1, -0.05) is 0 Å². The first-order valence-corrected chi connectivity index (χ1v) is 6.03. The highest BCUT2D eigenvalue weighted by Gasteiger charge is 2.04. The highest BCUT2D eigenvalue weighted by Crippen LogP contribution is 2.28. The largest absolute Gasteiger partial charge is 0.456 e. The Morgan fingerprint density at radius 3 is 2.75 bits per heavy atom. The van der Waals surface area contributed by atoms with Gasteiger partial charge < -0.3 is 4.74 Å². The molecule has 0 amide bonds. The second-order valence-corrected chi connectivity index (χ2v) is 4.78. The molecule has 0 N–H and O–H groups in total. The number of halogens is 2. The maximum Gasteiger partial charge on any atom is 0.160 e. The molecule has 0 bridgehead atoms. The average molecular weight is 301 g/mol. The van der Waals surface area contributed by atoms with Crippen LogP contribution in [0.25, 0.3) is 0 Å². The number of thiophene rings is 1. The molecule has 1 aromatic carbocycles. The minimum Gasteiger partial charge on any atom is -0.456 e. The summed E-state index contributed by atoms with van der Waals surface area (Å²) >= 11 is 4.34. The van der Waals surface area contributed by atoms with Crippen molar-refractivity contribution in [2.75, 3.05) is 0 Å². The predicted octanol–water partition coefficient (Wildman–Crippen LogP) is 4.25. The molecule has 16 heavy (non-hydrogen) atoms. The number of carbonyl (C=O) groups excluding carboxylic acids is 1. The Balaban J connectivity index is 2.20. The average Bonchev–Trinajstić information content (AvgIpc) is 2.71. The van der Waals surface area contributed by atoms with Crippen molar-refractivity contribution in [1.82, 2.24) is 0 Å². The van der Waals surface area contributed by atoms with Crippen molar-refractivity contribution in [3.05, 3.63) is 44.8 Å². The van der Waals surface area contributed by atoms with Crippen LogP contribution in [0.4, 0.5) is 4.39 Å². The number of aldehydes is 1. The molecule has 0 atom stereocenters. The number of ether oxygens (including phenoxy) is 1. The smallest absolute Gasteiger partial charge is 0.160 e. The Labute approximate surface area is 104 Å². The summed E-state index contributed by atoms with van der Waals surface area (Å²) in [5.41, 5.74) is 0. The van der Waals surface area contributed by atoms with Crippen LogP contribution in [0.15, 0.2) is 34.1 Å². The molecule has 5 heteroatoms. The fourth-order valence-electron chi connectivity index (χ4n) is 1.13. The molecule has 0 saturated heterocycles. The maximum atomic E-state index is 13.2. The van der Waals surface area contributed by atoms with Gasteiger partial charge in [-0.2, -0.15) is 0 Å². The molecule has 0 aliphatic carbocycles. The van der Waals surface area contributed by atoms with E-state index in [1.54, 1.807) is 23.6 Å². The molecule has 1 heterocycles. The van der Waals surface area contributed by atoms with Crippen LogP contribution in [0.2, 0.25) is 0 Å². The Morgan fingerprint density at radius 1 is 1.31 bits per heavy atom. The highest BCUT2D eigenvalue weighted by molar-refractivity contribution is 9.10. The van der Waals surface area contributed by atoms with Crippen molar-refractivity contribution in [3.8, 4) is 11.5 Å². The van der Waals surface area contributed by atoms with Crippen LogP contribution in [0.5, 0.6) is 11.5 Å². The van der Waals surface area contributed by atoms with Gasteiger partial charge in [0.25, 0.3) is 0 Å². The first-order valence-electron chi connectivity index (χ1n) is 4.35. The Bertz CT molecular complexity index is 524. The van der Waals surface area contributed by atoms with E-state index in [2.05, 4.69) is 15.9 Å². The topological polar surface area (TPSA) is 26.3 Å². The van der Waals surface area contributed by atoms with Crippen LogP contribution < -0.4 is 4.74 Å². The van der Waals surface area contributed by atoms with Crippen LogP contribution >= 0.6 is 27.3 Å². The summed E-state index contributed by atoms with van der Waals surface area (Å²) in [4.78, 5) is 11.0. The standard InChI is InChI=1S/C11H6BrFO2S/c12-10-2-1-7(4-11(10)13)15-8-3-9(5-14)16-6-8/h1-6H. The zero-order valence-corrected chi connectivity index (χ0v) is 10.3. The summed E-state index contributed by atoms with van der Waals surface area (Å²) in [6, 6.07) is 6.10. The van der Waals surface area contributed by atoms with Gasteiger partial charge >= 0.3 is 0 Å². The predicted molar refractivity (Wildman–Crippen MR) is 63.9 cm³/mol. The van der Waals surface area contributed by atoms with Gasteiger partial charge in [0, 0.05) is 17.5 Å². The summed E-state index contributed by atoms with van der Waals surface area (Å²) in [5, 5.41) is 1.70. The summed E-state index contributed by atoms with van der Waals surface area (Å²) in [6.45, 7) is 0. The lowest BCUT2D eigenvalue weighted by molar-refractivity contribution is 0.112. The molecule has 0 unspecified atom stereocenters. The molecule has 0 spiro atoms. The molecular formula is C11H6BrFO2S. The zero-order valence-electron chi connectivity index (χ0n) is 7.94. The molecule has 1 aromatic heterocycles. The quantitative estimate of drug-likeness (QED) is 0.792. The van der Waals surface area contributed by atoms with E-state index in [0.29, 0.717) is 20.8 Å². The number of hydrogen-bond donors (Lipinski definition) is 0. The molecule has 0 radical (unpaired) electrons. The summed E-state index contributed by atoms with van der Waals surface area (Å²) in [7, 11) is 0. The van der Waals surface area contributed by atoms with Crippen LogP contribution in [-0.4, -0.2) is 6.29 Å². The van der Waals surface area contributed by atoms with Gasteiger partial charge in [0.05, 0.1) is 9.35 Å². The van der Waals surface area contributed by atoms with Gasteiger partial charge in [-0.15, -0.1) is 11.3 Å². The van der Waals surface area contributed by atoms with Crippen LogP contribution in [0.3, 0.4) is 0 Å². The van der Waals surface area contributed by atoms with E-state index >= 15 is 0 Å². The second-order valence-electron chi connectivity index (χ2n) is 2.98. The van der Waals surface area contributed by atoms with E-state index in [9.17, 15) is 9.18 Å². The minimum atomic E-state index is -0.386. The van der Waals surface area contributed by atoms with Crippen molar-refractivity contribution in [2.45, 2.75) is 0 Å². The molecule has 0 aliphatic heterocycles. The number of benzene rings is 1. The Kier molecular flexibility index (Phi) is 3.36. The van der Waals surface area contributed by atoms with E-state index in [1.165, 1.54) is 17.4 Å². The summed E-state index contributed by atoms with van der Waals surface area (Å²) < 4.78 is 18.9. The van der Waals surface area contributed by atoms with Crippen molar-refractivity contribution in [2.24, 2.45) is 0 Å². The van der Waals surface area contributed by atoms with Crippen molar-refractivity contribution in [3.63, 3.8) is 0 Å². The van der Waals surface area contributed by atoms with Gasteiger partial charge in [-0.3, -0.25) is 4.79 Å². The van der Waals surface area contributed by atoms with Crippen LogP contribution in [-0.2, 0) is 0 Å². The lowest BCUT2D eigenvalue weighted by Gasteiger charge is -2.03. The van der Waals surface area contributed by atoms with E-state index in [0.717, 1.165) is 6.29 Å². The SMILES string of the molecule is O=Cc1cc(Oc2ccc(Br)c(F)c2)cs1. The van der Waals surface area contributed by atoms with Gasteiger partial charge in [0.15, 0.2) is 6.29 Å². The second kappa shape index (κ2) is 4.76. The molecule has 2 rings (SSSR count). The van der Waals surface area contributed by atoms with Crippen LogP contribution in [0, 0.1) is 5.82 Å². The molecular weight excluding hydrogens is 295 g/mol.